The minimum absolute atomic E-state index is 0.0182. The van der Waals surface area contributed by atoms with Crippen LogP contribution < -0.4 is 10.0 Å². The fraction of sp³-hybridized carbons (Fsp3) is 0.241. The Bertz CT molecular complexity index is 2140. The number of rotatable bonds is 7. The van der Waals surface area contributed by atoms with Crippen molar-refractivity contribution >= 4 is 48.4 Å². The lowest BCUT2D eigenvalue weighted by Crippen LogP contribution is -2.15. The molecule has 1 aliphatic rings. The van der Waals surface area contributed by atoms with E-state index in [0.29, 0.717) is 51.4 Å². The summed E-state index contributed by atoms with van der Waals surface area (Å²) in [5.74, 6) is -1.00. The number of hydrogen-bond acceptors (Lipinski definition) is 9. The zero-order valence-corrected chi connectivity index (χ0v) is 25.5. The Hall–Kier alpha value is -4.63. The summed E-state index contributed by atoms with van der Waals surface area (Å²) in [7, 11) is -7.23. The van der Waals surface area contributed by atoms with Gasteiger partial charge in [0, 0.05) is 16.8 Å². The number of carbonyl (C=O) groups excluding carboxylic acids is 1. The third-order valence-corrected chi connectivity index (χ3v) is 10.7. The fourth-order valence-corrected chi connectivity index (χ4v) is 7.83. The van der Waals surface area contributed by atoms with Gasteiger partial charge < -0.3 is 9.84 Å². The number of halogens is 1. The first-order valence-electron chi connectivity index (χ1n) is 13.5. The van der Waals surface area contributed by atoms with Crippen molar-refractivity contribution < 1.29 is 30.5 Å². The second-order valence-electron chi connectivity index (χ2n) is 10.7. The van der Waals surface area contributed by atoms with Crippen molar-refractivity contribution in [2.75, 3.05) is 21.5 Å². The summed E-state index contributed by atoms with van der Waals surface area (Å²) in [6.07, 6.45) is 0.363. The third-order valence-electron chi connectivity index (χ3n) is 7.58. The normalized spacial score (nSPS) is 16.3. The average molecular weight is 639 g/mol. The van der Waals surface area contributed by atoms with Crippen molar-refractivity contribution in [1.29, 1.82) is 0 Å². The van der Waals surface area contributed by atoms with E-state index in [-0.39, 0.29) is 27.8 Å². The highest BCUT2D eigenvalue weighted by Crippen LogP contribution is 2.33. The van der Waals surface area contributed by atoms with Gasteiger partial charge in [0.05, 0.1) is 50.5 Å². The van der Waals surface area contributed by atoms with Gasteiger partial charge in [0.2, 0.25) is 5.88 Å². The largest absolute Gasteiger partial charge is 0.337 e. The number of hydrogen-bond donors (Lipinski definition) is 2. The molecule has 0 aliphatic carbocycles. The maximum Gasteiger partial charge on any atom is 0.264 e. The summed E-state index contributed by atoms with van der Waals surface area (Å²) in [6.45, 7) is 5.09. The molecule has 1 saturated heterocycles. The summed E-state index contributed by atoms with van der Waals surface area (Å²) in [5.41, 5.74) is 3.40. The van der Waals surface area contributed by atoms with E-state index in [4.69, 9.17) is 9.51 Å². The summed E-state index contributed by atoms with van der Waals surface area (Å²) in [4.78, 5) is 18.4. The van der Waals surface area contributed by atoms with Crippen LogP contribution in [0.1, 0.15) is 39.8 Å². The van der Waals surface area contributed by atoms with E-state index in [1.807, 2.05) is 0 Å². The Kier molecular flexibility index (Phi) is 7.24. The van der Waals surface area contributed by atoms with Crippen LogP contribution in [0.5, 0.6) is 0 Å². The molecule has 1 fully saturated rings. The number of amides is 1. The third kappa shape index (κ3) is 5.55. The monoisotopic (exact) mass is 638 g/mol. The molecule has 0 bridgehead atoms. The van der Waals surface area contributed by atoms with Crippen LogP contribution in [0.2, 0.25) is 0 Å². The highest BCUT2D eigenvalue weighted by molar-refractivity contribution is 7.92. The van der Waals surface area contributed by atoms with Gasteiger partial charge >= 0.3 is 0 Å². The van der Waals surface area contributed by atoms with Crippen molar-refractivity contribution in [2.24, 2.45) is 0 Å². The van der Waals surface area contributed by atoms with Crippen LogP contribution in [0.4, 0.5) is 16.0 Å². The van der Waals surface area contributed by atoms with Crippen molar-refractivity contribution in [3.05, 3.63) is 82.9 Å². The Morgan fingerprint density at radius 2 is 1.75 bits per heavy atom. The van der Waals surface area contributed by atoms with Crippen LogP contribution in [0.25, 0.3) is 22.3 Å². The summed E-state index contributed by atoms with van der Waals surface area (Å²) in [6, 6.07) is 12.3. The van der Waals surface area contributed by atoms with Gasteiger partial charge in [0.15, 0.2) is 15.5 Å². The molecule has 2 N–H and O–H groups in total. The minimum Gasteiger partial charge on any atom is -0.337 e. The van der Waals surface area contributed by atoms with E-state index >= 15 is 0 Å². The molecule has 12 nitrogen and oxygen atoms in total. The Labute approximate surface area is 252 Å². The van der Waals surface area contributed by atoms with Crippen LogP contribution in [-0.4, -0.2) is 54.2 Å². The van der Waals surface area contributed by atoms with Gasteiger partial charge in [0.1, 0.15) is 5.82 Å². The zero-order valence-electron chi connectivity index (χ0n) is 23.8. The number of nitrogens with one attached hydrogen (secondary N) is 2. The van der Waals surface area contributed by atoms with Gasteiger partial charge in [-0.1, -0.05) is 5.16 Å². The smallest absolute Gasteiger partial charge is 0.264 e. The predicted molar refractivity (Wildman–Crippen MR) is 161 cm³/mol. The lowest BCUT2D eigenvalue weighted by molar-refractivity contribution is 0.102. The second-order valence-corrected chi connectivity index (χ2v) is 14.6. The maximum absolute atomic E-state index is 13.7. The van der Waals surface area contributed by atoms with Crippen LogP contribution in [0, 0.1) is 26.6 Å². The molecule has 6 rings (SSSR count). The van der Waals surface area contributed by atoms with Crippen molar-refractivity contribution in [3.63, 3.8) is 0 Å². The van der Waals surface area contributed by atoms with Crippen molar-refractivity contribution in [3.8, 4) is 11.3 Å². The number of carbonyl (C=O) groups is 1. The van der Waals surface area contributed by atoms with Crippen LogP contribution >= 0.6 is 0 Å². The molecular weight excluding hydrogens is 611 g/mol. The first-order chi connectivity index (χ1) is 20.8. The lowest BCUT2D eigenvalue weighted by atomic mass is 10.0. The predicted octanol–water partition coefficient (Wildman–Crippen LogP) is 4.56. The molecule has 3 aromatic heterocycles. The molecule has 1 amide bonds. The van der Waals surface area contributed by atoms with Crippen molar-refractivity contribution in [1.82, 2.24) is 19.9 Å². The van der Waals surface area contributed by atoms with Gasteiger partial charge in [0.25, 0.3) is 15.9 Å². The van der Waals surface area contributed by atoms with Crippen LogP contribution in [0.3, 0.4) is 0 Å². The molecule has 1 atom stereocenters. The average Bonchev–Trinajstić information content (AvgIpc) is 3.62. The van der Waals surface area contributed by atoms with E-state index in [1.54, 1.807) is 31.5 Å². The van der Waals surface area contributed by atoms with Gasteiger partial charge in [-0.05, 0) is 81.8 Å². The Morgan fingerprint density at radius 1 is 1.05 bits per heavy atom. The number of nitrogens with zero attached hydrogens (tertiary/aromatic N) is 4. The first kappa shape index (κ1) is 29.4. The van der Waals surface area contributed by atoms with Crippen molar-refractivity contribution in [2.45, 2.75) is 38.1 Å². The van der Waals surface area contributed by atoms with E-state index in [1.165, 1.54) is 48.5 Å². The Balaban J connectivity index is 1.35. The first-order valence-corrected chi connectivity index (χ1v) is 16.8. The summed E-state index contributed by atoms with van der Waals surface area (Å²) >= 11 is 0. The number of fused-ring (bicyclic) bond motifs is 1. The molecule has 0 saturated carbocycles. The van der Waals surface area contributed by atoms with Crippen LogP contribution in [0.15, 0.2) is 64.0 Å². The fourth-order valence-electron chi connectivity index (χ4n) is 5.09. The second kappa shape index (κ2) is 10.8. The topological polar surface area (TPSA) is 166 Å². The van der Waals surface area contributed by atoms with E-state index in [0.717, 1.165) is 0 Å². The molecule has 0 radical (unpaired) electrons. The molecule has 15 heteroatoms. The molecule has 1 aliphatic heterocycles. The molecule has 228 valence electrons. The highest BCUT2D eigenvalue weighted by Gasteiger charge is 2.32. The van der Waals surface area contributed by atoms with Gasteiger partial charge in [-0.2, -0.15) is 5.10 Å². The highest BCUT2D eigenvalue weighted by atomic mass is 32.2. The molecule has 2 aromatic carbocycles. The minimum atomic E-state index is -3.99. The van der Waals surface area contributed by atoms with Gasteiger partial charge in [-0.3, -0.25) is 4.79 Å². The molecule has 4 heterocycles. The number of aryl methyl sites for hydroxylation is 2. The molecule has 44 heavy (non-hydrogen) atoms. The van der Waals surface area contributed by atoms with Crippen LogP contribution in [-0.2, 0) is 19.9 Å². The lowest BCUT2D eigenvalue weighted by Gasteiger charge is -2.13. The molecule has 0 spiro atoms. The number of sulfone groups is 1. The van der Waals surface area contributed by atoms with E-state index in [9.17, 15) is 26.0 Å². The molecule has 5 aromatic rings. The number of pyridine rings is 1. The zero-order chi connectivity index (χ0) is 31.4. The number of anilines is 2. The maximum atomic E-state index is 13.7. The van der Waals surface area contributed by atoms with E-state index < -0.39 is 37.6 Å². The van der Waals surface area contributed by atoms with Gasteiger partial charge in [-0.25, -0.2) is 35.6 Å². The molecular formula is C29H27FN6O6S2. The van der Waals surface area contributed by atoms with E-state index in [2.05, 4.69) is 20.3 Å². The summed E-state index contributed by atoms with van der Waals surface area (Å²) < 4.78 is 72.9. The number of benzene rings is 2. The molecule has 1 unspecified atom stereocenters. The summed E-state index contributed by atoms with van der Waals surface area (Å²) in [5, 5.41) is 11.6. The van der Waals surface area contributed by atoms with Gasteiger partial charge in [-0.15, -0.1) is 0 Å². The quantitative estimate of drug-likeness (QED) is 0.260. The number of aromatic nitrogens is 4. The SMILES string of the molecule is Cc1noc(NS(=O)(=O)c2ccc(NC(=O)c3cc(-c4ccc(F)cc4)nc4c3c(C)nn4C3CCS(=O)(=O)C3)cc2)c1C. The number of sulfonamides is 1. The standard InChI is InChI=1S/C29H27FN6O6S2/c1-16-17(2)34-42-29(16)35-44(40,41)23-10-8-21(9-11-23)31-28(37)24-14-25(19-4-6-20(30)7-5-19)32-27-26(24)18(3)33-36(27)22-12-13-43(38,39)15-22/h4-11,14,22,35H,12-13,15H2,1-3H3,(H,31,37). The Morgan fingerprint density at radius 3 is 2.36 bits per heavy atom.